The second kappa shape index (κ2) is 7.57. The van der Waals surface area contributed by atoms with E-state index in [0.29, 0.717) is 12.2 Å². The maximum absolute atomic E-state index is 12.7. The van der Waals surface area contributed by atoms with Gasteiger partial charge in [-0.25, -0.2) is 0 Å². The van der Waals surface area contributed by atoms with Gasteiger partial charge in [0, 0.05) is 18.7 Å². The molecule has 122 valence electrons. The molecule has 0 fully saturated rings. The van der Waals surface area contributed by atoms with Crippen molar-refractivity contribution in [2.45, 2.75) is 6.54 Å². The Labute approximate surface area is 140 Å². The van der Waals surface area contributed by atoms with Gasteiger partial charge in [0.1, 0.15) is 5.69 Å². The number of hydrogen-bond donors (Lipinski definition) is 2. The first kappa shape index (κ1) is 16.0. The SMILES string of the molecule is O=C(c1cc(-c2ccccc2)n[nH]1)N(CCO)Cc1ccccc1. The van der Waals surface area contributed by atoms with Crippen LogP contribution in [0, 0.1) is 0 Å². The van der Waals surface area contributed by atoms with Crippen molar-refractivity contribution in [3.05, 3.63) is 78.0 Å². The molecular formula is C19H19N3O2. The van der Waals surface area contributed by atoms with Gasteiger partial charge in [0.2, 0.25) is 0 Å². The molecule has 0 saturated carbocycles. The first-order chi connectivity index (χ1) is 11.8. The Bertz CT molecular complexity index is 785. The number of nitrogens with zero attached hydrogens (tertiary/aromatic N) is 2. The zero-order valence-corrected chi connectivity index (χ0v) is 13.2. The van der Waals surface area contributed by atoms with Crippen LogP contribution in [-0.4, -0.2) is 39.3 Å². The Hall–Kier alpha value is -2.92. The monoisotopic (exact) mass is 321 g/mol. The normalized spacial score (nSPS) is 10.5. The number of benzene rings is 2. The Morgan fingerprint density at radius 2 is 1.71 bits per heavy atom. The molecule has 0 atom stereocenters. The average Bonchev–Trinajstić information content (AvgIpc) is 3.12. The van der Waals surface area contributed by atoms with E-state index in [2.05, 4.69) is 10.2 Å². The topological polar surface area (TPSA) is 69.2 Å². The minimum absolute atomic E-state index is 0.0851. The van der Waals surface area contributed by atoms with Crippen LogP contribution >= 0.6 is 0 Å². The molecule has 2 aromatic carbocycles. The van der Waals surface area contributed by atoms with Crippen LogP contribution in [-0.2, 0) is 6.54 Å². The molecule has 2 N–H and O–H groups in total. The van der Waals surface area contributed by atoms with Crippen molar-refractivity contribution < 1.29 is 9.90 Å². The van der Waals surface area contributed by atoms with Crippen molar-refractivity contribution >= 4 is 5.91 Å². The first-order valence-corrected chi connectivity index (χ1v) is 7.83. The Morgan fingerprint density at radius 3 is 2.38 bits per heavy atom. The number of aromatic amines is 1. The van der Waals surface area contributed by atoms with Crippen LogP contribution in [0.4, 0.5) is 0 Å². The van der Waals surface area contributed by atoms with Gasteiger partial charge in [-0.15, -0.1) is 0 Å². The van der Waals surface area contributed by atoms with Gasteiger partial charge in [0.05, 0.1) is 12.3 Å². The number of nitrogens with one attached hydrogen (secondary N) is 1. The molecule has 3 aromatic rings. The van der Waals surface area contributed by atoms with E-state index in [1.54, 1.807) is 11.0 Å². The van der Waals surface area contributed by atoms with Crippen molar-refractivity contribution in [1.29, 1.82) is 0 Å². The van der Waals surface area contributed by atoms with Crippen molar-refractivity contribution in [2.24, 2.45) is 0 Å². The Morgan fingerprint density at radius 1 is 1.04 bits per heavy atom. The number of H-pyrrole nitrogens is 1. The maximum Gasteiger partial charge on any atom is 0.272 e. The van der Waals surface area contributed by atoms with E-state index in [9.17, 15) is 9.90 Å². The molecule has 0 unspecified atom stereocenters. The quantitative estimate of drug-likeness (QED) is 0.733. The summed E-state index contributed by atoms with van der Waals surface area (Å²) >= 11 is 0. The summed E-state index contributed by atoms with van der Waals surface area (Å²) in [4.78, 5) is 14.3. The first-order valence-electron chi connectivity index (χ1n) is 7.83. The van der Waals surface area contributed by atoms with Crippen LogP contribution in [0.5, 0.6) is 0 Å². The van der Waals surface area contributed by atoms with Gasteiger partial charge in [-0.05, 0) is 11.6 Å². The molecule has 3 rings (SSSR count). The third kappa shape index (κ3) is 3.70. The smallest absolute Gasteiger partial charge is 0.272 e. The number of aliphatic hydroxyl groups is 1. The predicted molar refractivity (Wildman–Crippen MR) is 92.3 cm³/mol. The predicted octanol–water partition coefficient (Wildman–Crippen LogP) is 2.71. The zero-order valence-electron chi connectivity index (χ0n) is 13.2. The zero-order chi connectivity index (χ0) is 16.8. The summed E-state index contributed by atoms with van der Waals surface area (Å²) in [7, 11) is 0. The fourth-order valence-electron chi connectivity index (χ4n) is 2.54. The summed E-state index contributed by atoms with van der Waals surface area (Å²) in [5, 5.41) is 16.3. The molecular weight excluding hydrogens is 302 g/mol. The molecule has 0 radical (unpaired) electrons. The molecule has 5 heteroatoms. The van der Waals surface area contributed by atoms with Gasteiger partial charge in [-0.2, -0.15) is 5.10 Å². The van der Waals surface area contributed by atoms with Gasteiger partial charge in [-0.1, -0.05) is 60.7 Å². The number of carbonyl (C=O) groups is 1. The van der Waals surface area contributed by atoms with Crippen LogP contribution in [0.15, 0.2) is 66.7 Å². The van der Waals surface area contributed by atoms with Gasteiger partial charge in [0.25, 0.3) is 5.91 Å². The van der Waals surface area contributed by atoms with E-state index < -0.39 is 0 Å². The van der Waals surface area contributed by atoms with E-state index in [-0.39, 0.29) is 19.1 Å². The Kier molecular flexibility index (Phi) is 5.03. The number of hydrogen-bond acceptors (Lipinski definition) is 3. The third-order valence-corrected chi connectivity index (χ3v) is 3.75. The van der Waals surface area contributed by atoms with E-state index in [4.69, 9.17) is 0 Å². The minimum Gasteiger partial charge on any atom is -0.395 e. The van der Waals surface area contributed by atoms with Crippen molar-refractivity contribution in [3.8, 4) is 11.3 Å². The summed E-state index contributed by atoms with van der Waals surface area (Å²) < 4.78 is 0. The van der Waals surface area contributed by atoms with Gasteiger partial charge >= 0.3 is 0 Å². The highest BCUT2D eigenvalue weighted by atomic mass is 16.3. The molecule has 0 spiro atoms. The molecule has 1 heterocycles. The lowest BCUT2D eigenvalue weighted by Gasteiger charge is -2.21. The highest BCUT2D eigenvalue weighted by molar-refractivity contribution is 5.93. The Balaban J connectivity index is 1.79. The number of rotatable bonds is 6. The number of aromatic nitrogens is 2. The van der Waals surface area contributed by atoms with E-state index in [1.807, 2.05) is 60.7 Å². The lowest BCUT2D eigenvalue weighted by molar-refractivity contribution is 0.0702. The molecule has 0 aliphatic heterocycles. The van der Waals surface area contributed by atoms with E-state index in [1.165, 1.54) is 0 Å². The lowest BCUT2D eigenvalue weighted by Crippen LogP contribution is -2.33. The fourth-order valence-corrected chi connectivity index (χ4v) is 2.54. The van der Waals surface area contributed by atoms with E-state index >= 15 is 0 Å². The maximum atomic E-state index is 12.7. The summed E-state index contributed by atoms with van der Waals surface area (Å²) in [6.07, 6.45) is 0. The lowest BCUT2D eigenvalue weighted by atomic mass is 10.1. The third-order valence-electron chi connectivity index (χ3n) is 3.75. The largest absolute Gasteiger partial charge is 0.395 e. The van der Waals surface area contributed by atoms with Crippen LogP contribution in [0.3, 0.4) is 0 Å². The summed E-state index contributed by atoms with van der Waals surface area (Å²) in [5.74, 6) is -0.178. The van der Waals surface area contributed by atoms with Gasteiger partial charge < -0.3 is 10.0 Å². The summed E-state index contributed by atoms with van der Waals surface area (Å²) in [6.45, 7) is 0.631. The summed E-state index contributed by atoms with van der Waals surface area (Å²) in [6, 6.07) is 21.1. The molecule has 0 aliphatic rings. The average molecular weight is 321 g/mol. The highest BCUT2D eigenvalue weighted by Gasteiger charge is 2.18. The molecule has 1 amide bonds. The molecule has 1 aromatic heterocycles. The molecule has 5 nitrogen and oxygen atoms in total. The molecule has 0 bridgehead atoms. The highest BCUT2D eigenvalue weighted by Crippen LogP contribution is 2.18. The van der Waals surface area contributed by atoms with Crippen LogP contribution in [0.1, 0.15) is 16.1 Å². The van der Waals surface area contributed by atoms with Gasteiger partial charge in [-0.3, -0.25) is 9.89 Å². The van der Waals surface area contributed by atoms with Crippen LogP contribution < -0.4 is 0 Å². The number of amides is 1. The summed E-state index contributed by atoms with van der Waals surface area (Å²) in [5.41, 5.74) is 3.10. The van der Waals surface area contributed by atoms with Crippen molar-refractivity contribution in [3.63, 3.8) is 0 Å². The van der Waals surface area contributed by atoms with Gasteiger partial charge in [0.15, 0.2) is 0 Å². The van der Waals surface area contributed by atoms with Crippen LogP contribution in [0.2, 0.25) is 0 Å². The molecule has 24 heavy (non-hydrogen) atoms. The van der Waals surface area contributed by atoms with E-state index in [0.717, 1.165) is 16.8 Å². The molecule has 0 aliphatic carbocycles. The number of aliphatic hydroxyl groups excluding tert-OH is 1. The standard InChI is InChI=1S/C19H19N3O2/c23-12-11-22(14-15-7-3-1-4-8-15)19(24)18-13-17(20-21-18)16-9-5-2-6-10-16/h1-10,13,23H,11-12,14H2,(H,20,21). The van der Waals surface area contributed by atoms with Crippen molar-refractivity contribution in [1.82, 2.24) is 15.1 Å². The second-order valence-corrected chi connectivity index (χ2v) is 5.47. The molecule has 0 saturated heterocycles. The van der Waals surface area contributed by atoms with Crippen molar-refractivity contribution in [2.75, 3.05) is 13.2 Å². The number of carbonyl (C=O) groups excluding carboxylic acids is 1. The second-order valence-electron chi connectivity index (χ2n) is 5.47. The van der Waals surface area contributed by atoms with Crippen LogP contribution in [0.25, 0.3) is 11.3 Å². The fraction of sp³-hybridized carbons (Fsp3) is 0.158. The minimum atomic E-state index is -0.178.